The van der Waals surface area contributed by atoms with Crippen LogP contribution in [0.15, 0.2) is 24.5 Å². The molecule has 0 atom stereocenters. The molecule has 1 N–H and O–H groups in total. The SMILES string of the molecule is CCC1CCC(n2cnc3cc(C(=O)O)ccc32)CC1. The van der Waals surface area contributed by atoms with E-state index in [9.17, 15) is 4.79 Å². The third-order valence-electron chi connectivity index (χ3n) is 4.61. The molecule has 1 aliphatic rings. The van der Waals surface area contributed by atoms with Crippen molar-refractivity contribution in [2.24, 2.45) is 5.92 Å². The van der Waals surface area contributed by atoms with Gasteiger partial charge in [-0.2, -0.15) is 0 Å². The molecule has 1 fully saturated rings. The van der Waals surface area contributed by atoms with E-state index in [0.29, 0.717) is 11.6 Å². The van der Waals surface area contributed by atoms with Gasteiger partial charge in [-0.05, 0) is 49.8 Å². The molecule has 1 aliphatic carbocycles. The summed E-state index contributed by atoms with van der Waals surface area (Å²) in [7, 11) is 0. The predicted octanol–water partition coefficient (Wildman–Crippen LogP) is 3.88. The average molecular weight is 272 g/mol. The predicted molar refractivity (Wildman–Crippen MR) is 78.0 cm³/mol. The van der Waals surface area contributed by atoms with Crippen LogP contribution in [-0.2, 0) is 0 Å². The lowest BCUT2D eigenvalue weighted by Crippen LogP contribution is -2.17. The number of imidazole rings is 1. The lowest BCUT2D eigenvalue weighted by molar-refractivity contribution is 0.0697. The molecule has 0 aliphatic heterocycles. The fourth-order valence-corrected chi connectivity index (χ4v) is 3.29. The first-order valence-corrected chi connectivity index (χ1v) is 7.39. The molecule has 0 unspecified atom stereocenters. The minimum absolute atomic E-state index is 0.303. The highest BCUT2D eigenvalue weighted by Gasteiger charge is 2.22. The fourth-order valence-electron chi connectivity index (χ4n) is 3.29. The van der Waals surface area contributed by atoms with Crippen molar-refractivity contribution in [1.82, 2.24) is 9.55 Å². The summed E-state index contributed by atoms with van der Waals surface area (Å²) in [4.78, 5) is 15.4. The molecule has 4 nitrogen and oxygen atoms in total. The van der Waals surface area contributed by atoms with Gasteiger partial charge < -0.3 is 9.67 Å². The highest BCUT2D eigenvalue weighted by molar-refractivity contribution is 5.92. The third-order valence-corrected chi connectivity index (χ3v) is 4.61. The van der Waals surface area contributed by atoms with Gasteiger partial charge in [0, 0.05) is 6.04 Å². The first-order chi connectivity index (χ1) is 9.69. The number of hydrogen-bond acceptors (Lipinski definition) is 2. The van der Waals surface area contributed by atoms with Crippen LogP contribution < -0.4 is 0 Å². The van der Waals surface area contributed by atoms with Gasteiger partial charge in [-0.3, -0.25) is 0 Å². The molecule has 0 saturated heterocycles. The summed E-state index contributed by atoms with van der Waals surface area (Å²) in [5.74, 6) is -0.0236. The van der Waals surface area contributed by atoms with Crippen molar-refractivity contribution in [3.8, 4) is 0 Å². The monoisotopic (exact) mass is 272 g/mol. The number of rotatable bonds is 3. The molecule has 1 aromatic heterocycles. The van der Waals surface area contributed by atoms with Crippen LogP contribution in [0, 0.1) is 5.92 Å². The molecule has 0 radical (unpaired) electrons. The Morgan fingerprint density at radius 2 is 2.10 bits per heavy atom. The Morgan fingerprint density at radius 1 is 1.35 bits per heavy atom. The first kappa shape index (κ1) is 13.2. The molecule has 3 rings (SSSR count). The largest absolute Gasteiger partial charge is 0.478 e. The number of aromatic carboxylic acids is 1. The molecular weight excluding hydrogens is 252 g/mol. The maximum absolute atomic E-state index is 11.0. The van der Waals surface area contributed by atoms with E-state index >= 15 is 0 Å². The Balaban J connectivity index is 1.88. The van der Waals surface area contributed by atoms with Crippen LogP contribution in [0.1, 0.15) is 55.4 Å². The fraction of sp³-hybridized carbons (Fsp3) is 0.500. The molecule has 1 aromatic carbocycles. The van der Waals surface area contributed by atoms with Gasteiger partial charge in [0.2, 0.25) is 0 Å². The van der Waals surface area contributed by atoms with Crippen molar-refractivity contribution < 1.29 is 9.90 Å². The second-order valence-electron chi connectivity index (χ2n) is 5.74. The quantitative estimate of drug-likeness (QED) is 0.922. The Morgan fingerprint density at radius 3 is 2.75 bits per heavy atom. The first-order valence-electron chi connectivity index (χ1n) is 7.39. The van der Waals surface area contributed by atoms with Crippen LogP contribution in [0.3, 0.4) is 0 Å². The number of nitrogens with zero attached hydrogens (tertiary/aromatic N) is 2. The van der Waals surface area contributed by atoms with Gasteiger partial charge in [0.1, 0.15) is 0 Å². The Labute approximate surface area is 118 Å². The molecule has 0 spiro atoms. The van der Waals surface area contributed by atoms with Crippen molar-refractivity contribution in [3.05, 3.63) is 30.1 Å². The summed E-state index contributed by atoms with van der Waals surface area (Å²) in [6, 6.07) is 5.72. The van der Waals surface area contributed by atoms with E-state index < -0.39 is 5.97 Å². The number of benzene rings is 1. The topological polar surface area (TPSA) is 55.1 Å². The second-order valence-corrected chi connectivity index (χ2v) is 5.74. The van der Waals surface area contributed by atoms with E-state index in [-0.39, 0.29) is 0 Å². The molecule has 0 amide bonds. The van der Waals surface area contributed by atoms with Crippen LogP contribution >= 0.6 is 0 Å². The molecule has 0 bridgehead atoms. The number of fused-ring (bicyclic) bond motifs is 1. The van der Waals surface area contributed by atoms with Crippen molar-refractivity contribution in [2.45, 2.75) is 45.1 Å². The third kappa shape index (κ3) is 2.30. The molecule has 20 heavy (non-hydrogen) atoms. The highest BCUT2D eigenvalue weighted by atomic mass is 16.4. The van der Waals surface area contributed by atoms with Crippen LogP contribution in [0.5, 0.6) is 0 Å². The van der Waals surface area contributed by atoms with Gasteiger partial charge >= 0.3 is 5.97 Å². The lowest BCUT2D eigenvalue weighted by Gasteiger charge is -2.29. The van der Waals surface area contributed by atoms with Gasteiger partial charge in [0.05, 0.1) is 22.9 Å². The number of aromatic nitrogens is 2. The average Bonchev–Trinajstić information content (AvgIpc) is 2.90. The van der Waals surface area contributed by atoms with Crippen molar-refractivity contribution >= 4 is 17.0 Å². The summed E-state index contributed by atoms with van der Waals surface area (Å²) in [5, 5.41) is 9.02. The molecular formula is C16H20N2O2. The van der Waals surface area contributed by atoms with Gasteiger partial charge in [0.25, 0.3) is 0 Å². The van der Waals surface area contributed by atoms with Gasteiger partial charge in [-0.1, -0.05) is 13.3 Å². The van der Waals surface area contributed by atoms with Crippen molar-refractivity contribution in [2.75, 3.05) is 0 Å². The standard InChI is InChI=1S/C16H20N2O2/c1-2-11-3-6-13(7-4-11)18-10-17-14-9-12(16(19)20)5-8-15(14)18/h5,8-11,13H,2-4,6-7H2,1H3,(H,19,20). The summed E-state index contributed by atoms with van der Waals surface area (Å²) in [6.07, 6.45) is 8.12. The number of hydrogen-bond donors (Lipinski definition) is 1. The molecule has 2 aromatic rings. The Bertz CT molecular complexity index is 624. The normalized spacial score (nSPS) is 23.1. The van der Waals surface area contributed by atoms with Crippen molar-refractivity contribution in [1.29, 1.82) is 0 Å². The van der Waals surface area contributed by atoms with Crippen LogP contribution in [0.2, 0.25) is 0 Å². The Hall–Kier alpha value is -1.84. The number of carboxylic acid groups (broad SMARTS) is 1. The maximum Gasteiger partial charge on any atom is 0.335 e. The van der Waals surface area contributed by atoms with Crippen LogP contribution in [0.4, 0.5) is 0 Å². The number of carbonyl (C=O) groups is 1. The zero-order valence-corrected chi connectivity index (χ0v) is 11.7. The zero-order valence-electron chi connectivity index (χ0n) is 11.7. The lowest BCUT2D eigenvalue weighted by atomic mass is 9.84. The highest BCUT2D eigenvalue weighted by Crippen LogP contribution is 2.35. The zero-order chi connectivity index (χ0) is 14.1. The number of carboxylic acids is 1. The minimum atomic E-state index is -0.898. The minimum Gasteiger partial charge on any atom is -0.478 e. The summed E-state index contributed by atoms with van der Waals surface area (Å²) >= 11 is 0. The van der Waals surface area contributed by atoms with Gasteiger partial charge in [-0.25, -0.2) is 9.78 Å². The Kier molecular flexibility index (Phi) is 3.47. The van der Waals surface area contributed by atoms with Crippen molar-refractivity contribution in [3.63, 3.8) is 0 Å². The van der Waals surface area contributed by atoms with Crippen LogP contribution in [-0.4, -0.2) is 20.6 Å². The summed E-state index contributed by atoms with van der Waals surface area (Å²) in [6.45, 7) is 2.27. The van der Waals surface area contributed by atoms with E-state index in [1.54, 1.807) is 12.1 Å². The van der Waals surface area contributed by atoms with Gasteiger partial charge in [-0.15, -0.1) is 0 Å². The molecule has 1 heterocycles. The van der Waals surface area contributed by atoms with E-state index in [1.807, 2.05) is 12.4 Å². The molecule has 4 heteroatoms. The van der Waals surface area contributed by atoms with E-state index in [1.165, 1.54) is 32.1 Å². The molecule has 106 valence electrons. The summed E-state index contributed by atoms with van der Waals surface area (Å²) < 4.78 is 2.23. The van der Waals surface area contributed by atoms with Crippen LogP contribution in [0.25, 0.3) is 11.0 Å². The second kappa shape index (κ2) is 5.27. The molecule has 1 saturated carbocycles. The van der Waals surface area contributed by atoms with E-state index in [4.69, 9.17) is 5.11 Å². The van der Waals surface area contributed by atoms with Gasteiger partial charge in [0.15, 0.2) is 0 Å². The van der Waals surface area contributed by atoms with E-state index in [0.717, 1.165) is 17.0 Å². The van der Waals surface area contributed by atoms with E-state index in [2.05, 4.69) is 16.5 Å². The maximum atomic E-state index is 11.0. The smallest absolute Gasteiger partial charge is 0.335 e. The summed E-state index contributed by atoms with van der Waals surface area (Å²) in [5.41, 5.74) is 2.13.